The van der Waals surface area contributed by atoms with Crippen molar-refractivity contribution < 1.29 is 39.1 Å². The van der Waals surface area contributed by atoms with Gasteiger partial charge in [0.1, 0.15) is 27.8 Å². The number of phenolic OH excluding ortho intramolecular Hbond substituents is 1. The number of nitrogens with zero attached hydrogens (tertiary/aromatic N) is 2. The second kappa shape index (κ2) is 12.1. The van der Waals surface area contributed by atoms with Gasteiger partial charge in [0.2, 0.25) is 9.84 Å². The van der Waals surface area contributed by atoms with E-state index < -0.39 is 40.7 Å². The van der Waals surface area contributed by atoms with E-state index in [9.17, 15) is 34.9 Å². The van der Waals surface area contributed by atoms with Crippen molar-refractivity contribution in [2.75, 3.05) is 5.73 Å². The van der Waals surface area contributed by atoms with Crippen molar-refractivity contribution in [3.63, 3.8) is 0 Å². The molecule has 0 saturated carbocycles. The highest BCUT2D eigenvalue weighted by Gasteiger charge is 2.26. The Hall–Kier alpha value is -4.83. The number of hydrogen-bond donors (Lipinski definition) is 3. The number of fused-ring (bicyclic) bond motifs is 1. The van der Waals surface area contributed by atoms with Crippen LogP contribution >= 0.6 is 0 Å². The third-order valence-electron chi connectivity index (χ3n) is 7.12. The molecule has 0 bridgehead atoms. The molecule has 0 atom stereocenters. The van der Waals surface area contributed by atoms with Gasteiger partial charge in [0.15, 0.2) is 0 Å². The molecular formula is C32H29N3O9S3. The number of azo groups is 1. The number of hydrogen-bond acceptors (Lipinski definition) is 11. The average molecular weight is 696 g/mol. The van der Waals surface area contributed by atoms with Gasteiger partial charge in [0, 0.05) is 6.07 Å². The van der Waals surface area contributed by atoms with Crippen LogP contribution in [0.15, 0.2) is 127 Å². The van der Waals surface area contributed by atoms with E-state index in [2.05, 4.69) is 10.2 Å². The smallest absolute Gasteiger partial charge is 0.339 e. The molecule has 0 heterocycles. The lowest BCUT2D eigenvalue weighted by Crippen LogP contribution is -2.13. The molecular weight excluding hydrogens is 667 g/mol. The summed E-state index contributed by atoms with van der Waals surface area (Å²) in [6, 6.07) is 21.5. The minimum absolute atomic E-state index is 0.00689. The highest BCUT2D eigenvalue weighted by molar-refractivity contribution is 7.91. The van der Waals surface area contributed by atoms with Crippen molar-refractivity contribution in [2.24, 2.45) is 10.2 Å². The number of nitrogens with two attached hydrogens (primary N) is 1. The van der Waals surface area contributed by atoms with Crippen molar-refractivity contribution in [2.45, 2.75) is 45.8 Å². The first kappa shape index (κ1) is 33.5. The first-order chi connectivity index (χ1) is 21.9. The second-order valence-corrected chi connectivity index (χ2v) is 16.4. The van der Waals surface area contributed by atoms with Crippen LogP contribution < -0.4 is 9.92 Å². The maximum absolute atomic E-state index is 13.8. The van der Waals surface area contributed by atoms with E-state index in [0.29, 0.717) is 0 Å². The lowest BCUT2D eigenvalue weighted by Gasteiger charge is -2.19. The summed E-state index contributed by atoms with van der Waals surface area (Å²) in [7, 11) is -13.4. The summed E-state index contributed by atoms with van der Waals surface area (Å²) in [5, 5.41) is 18.9. The molecule has 0 spiro atoms. The Bertz CT molecular complexity index is 2380. The van der Waals surface area contributed by atoms with Crippen molar-refractivity contribution in [3.05, 3.63) is 103 Å². The van der Waals surface area contributed by atoms with Crippen LogP contribution in [-0.4, -0.2) is 34.9 Å². The van der Waals surface area contributed by atoms with E-state index >= 15 is 0 Å². The molecule has 0 saturated heterocycles. The molecule has 47 heavy (non-hydrogen) atoms. The zero-order valence-corrected chi connectivity index (χ0v) is 27.6. The summed E-state index contributed by atoms with van der Waals surface area (Å²) in [5.41, 5.74) is 6.69. The van der Waals surface area contributed by atoms with E-state index in [-0.39, 0.29) is 53.7 Å². The predicted molar refractivity (Wildman–Crippen MR) is 175 cm³/mol. The van der Waals surface area contributed by atoms with Crippen LogP contribution in [0, 0.1) is 0 Å². The van der Waals surface area contributed by atoms with Gasteiger partial charge in [-0.05, 0) is 71.0 Å². The first-order valence-electron chi connectivity index (χ1n) is 13.8. The molecule has 0 fully saturated rings. The fourth-order valence-corrected chi connectivity index (χ4v) is 7.67. The SMILES string of the molecule is CC(C)(C)c1ccc(OS(=O)(=O)c2cccc(S(=O)(=O)c3ccccc3N=Nc3c(N)ccc4cc(S(=O)(=O)O)cc(O)c34)c2)cc1. The Morgan fingerprint density at radius 3 is 2.04 bits per heavy atom. The molecule has 0 aliphatic carbocycles. The summed E-state index contributed by atoms with van der Waals surface area (Å²) in [6.45, 7) is 6.04. The molecule has 0 radical (unpaired) electrons. The summed E-state index contributed by atoms with van der Waals surface area (Å²) >= 11 is 0. The number of benzene rings is 5. The summed E-state index contributed by atoms with van der Waals surface area (Å²) in [4.78, 5) is -1.61. The molecule has 0 aliphatic heterocycles. The standard InChI is InChI=1S/C32H29N3O9S3/c1-32(2,3)21-12-14-22(15-13-21)44-47(42,43)24-8-6-7-23(18-24)45(37,38)29-10-5-4-9-27(29)34-35-31-26(33)16-11-20-17-25(46(39,40)41)19-28(36)30(20)31/h4-19,36H,33H2,1-3H3,(H,39,40,41). The number of aromatic hydroxyl groups is 1. The lowest BCUT2D eigenvalue weighted by atomic mass is 9.87. The quantitative estimate of drug-likeness (QED) is 0.0679. The molecule has 244 valence electrons. The zero-order valence-electron chi connectivity index (χ0n) is 25.2. The normalized spacial score (nSPS) is 12.9. The molecule has 5 rings (SSSR count). The van der Waals surface area contributed by atoms with Crippen molar-refractivity contribution >= 4 is 57.9 Å². The fourth-order valence-electron chi connectivity index (χ4n) is 4.65. The van der Waals surface area contributed by atoms with Gasteiger partial charge in [0.05, 0.1) is 25.8 Å². The van der Waals surface area contributed by atoms with E-state index in [1.807, 2.05) is 20.8 Å². The second-order valence-electron chi connectivity index (χ2n) is 11.5. The summed E-state index contributed by atoms with van der Waals surface area (Å²) < 4.78 is 91.8. The number of nitrogen functional groups attached to an aromatic ring is 1. The molecule has 12 nitrogen and oxygen atoms in total. The summed E-state index contributed by atoms with van der Waals surface area (Å²) in [6.07, 6.45) is 0. The van der Waals surface area contributed by atoms with Gasteiger partial charge in [-0.25, -0.2) is 8.42 Å². The highest BCUT2D eigenvalue weighted by Crippen LogP contribution is 2.41. The van der Waals surface area contributed by atoms with Gasteiger partial charge in [-0.15, -0.1) is 10.2 Å². The van der Waals surface area contributed by atoms with E-state index in [0.717, 1.165) is 23.8 Å². The summed E-state index contributed by atoms with van der Waals surface area (Å²) in [5.74, 6) is -0.507. The minimum Gasteiger partial charge on any atom is -0.507 e. The molecule has 0 aliphatic rings. The molecule has 15 heteroatoms. The Morgan fingerprint density at radius 2 is 1.38 bits per heavy atom. The molecule has 5 aromatic rings. The minimum atomic E-state index is -4.64. The van der Waals surface area contributed by atoms with Crippen LogP contribution in [0.25, 0.3) is 10.8 Å². The molecule has 5 aromatic carbocycles. The van der Waals surface area contributed by atoms with Crippen molar-refractivity contribution in [1.82, 2.24) is 0 Å². The molecule has 4 N–H and O–H groups in total. The number of anilines is 1. The van der Waals surface area contributed by atoms with Crippen LogP contribution in [0.5, 0.6) is 11.5 Å². The lowest BCUT2D eigenvalue weighted by molar-refractivity contribution is 0.471. The topological polar surface area (TPSA) is 203 Å². The van der Waals surface area contributed by atoms with Gasteiger partial charge < -0.3 is 15.0 Å². The molecule has 0 unspecified atom stereocenters. The van der Waals surface area contributed by atoms with Gasteiger partial charge in [-0.3, -0.25) is 4.55 Å². The van der Waals surface area contributed by atoms with Crippen LogP contribution in [-0.2, 0) is 35.5 Å². The van der Waals surface area contributed by atoms with E-state index in [1.165, 1.54) is 66.7 Å². The largest absolute Gasteiger partial charge is 0.507 e. The molecule has 0 amide bonds. The Kier molecular flexibility index (Phi) is 8.62. The Balaban J connectivity index is 1.51. The first-order valence-corrected chi connectivity index (χ1v) is 18.1. The fraction of sp³-hybridized carbons (Fsp3) is 0.125. The predicted octanol–water partition coefficient (Wildman–Crippen LogP) is 6.69. The van der Waals surface area contributed by atoms with E-state index in [1.54, 1.807) is 12.1 Å². The molecule has 0 aromatic heterocycles. The number of rotatable bonds is 8. The van der Waals surface area contributed by atoms with Crippen molar-refractivity contribution in [3.8, 4) is 11.5 Å². The number of sulfone groups is 1. The highest BCUT2D eigenvalue weighted by atomic mass is 32.2. The monoisotopic (exact) mass is 695 g/mol. The third kappa shape index (κ3) is 6.97. The van der Waals surface area contributed by atoms with Gasteiger partial charge in [-0.2, -0.15) is 16.8 Å². The van der Waals surface area contributed by atoms with Crippen LogP contribution in [0.2, 0.25) is 0 Å². The van der Waals surface area contributed by atoms with E-state index in [4.69, 9.17) is 9.92 Å². The van der Waals surface area contributed by atoms with Gasteiger partial charge in [-0.1, -0.05) is 57.2 Å². The zero-order chi connectivity index (χ0) is 34.4. The average Bonchev–Trinajstić information content (AvgIpc) is 3.00. The van der Waals surface area contributed by atoms with Crippen LogP contribution in [0.1, 0.15) is 26.3 Å². The van der Waals surface area contributed by atoms with Gasteiger partial charge in [0.25, 0.3) is 10.1 Å². The van der Waals surface area contributed by atoms with Crippen LogP contribution in [0.4, 0.5) is 17.1 Å². The maximum Gasteiger partial charge on any atom is 0.339 e. The van der Waals surface area contributed by atoms with Gasteiger partial charge >= 0.3 is 10.1 Å². The van der Waals surface area contributed by atoms with Crippen molar-refractivity contribution in [1.29, 1.82) is 0 Å². The third-order valence-corrected chi connectivity index (χ3v) is 11.0. The number of phenols is 1. The Morgan fingerprint density at radius 1 is 0.723 bits per heavy atom. The maximum atomic E-state index is 13.8. The van der Waals surface area contributed by atoms with Crippen LogP contribution in [0.3, 0.4) is 0 Å². The Labute approximate surface area is 272 Å².